The fourth-order valence-electron chi connectivity index (χ4n) is 6.26. The molecule has 2 bridgehead atoms. The molecule has 0 unspecified atom stereocenters. The van der Waals surface area contributed by atoms with Crippen LogP contribution >= 0.6 is 0 Å². The number of alkyl halides is 1. The van der Waals surface area contributed by atoms with Gasteiger partial charge in [0.1, 0.15) is 35.6 Å². The van der Waals surface area contributed by atoms with Crippen molar-refractivity contribution < 1.29 is 28.5 Å². The molecule has 2 aliphatic rings. The molecule has 0 spiro atoms. The molecular formula is C28H36F2N8O4Si. The van der Waals surface area contributed by atoms with Gasteiger partial charge < -0.3 is 25.2 Å². The molecule has 6 rings (SSSR count). The Hall–Kier alpha value is -3.69. The number of aromatic nitrogens is 6. The lowest BCUT2D eigenvalue weighted by molar-refractivity contribution is 0.0814. The number of anilines is 1. The Morgan fingerprint density at radius 2 is 2.00 bits per heavy atom. The van der Waals surface area contributed by atoms with Gasteiger partial charge in [-0.2, -0.15) is 10.2 Å². The minimum atomic E-state index is -1.47. The number of ether oxygens (including phenoxy) is 1. The zero-order chi connectivity index (χ0) is 30.6. The number of hydrogen-bond donors (Lipinski definition) is 3. The van der Waals surface area contributed by atoms with Crippen molar-refractivity contribution in [3.05, 3.63) is 29.8 Å². The van der Waals surface area contributed by atoms with Crippen LogP contribution in [0.2, 0.25) is 25.7 Å². The molecule has 4 atom stereocenters. The van der Waals surface area contributed by atoms with Crippen LogP contribution in [0.5, 0.6) is 0 Å². The molecular weight excluding hydrogens is 578 g/mol. The second-order valence-electron chi connectivity index (χ2n) is 12.6. The van der Waals surface area contributed by atoms with Gasteiger partial charge in [0.25, 0.3) is 0 Å². The molecule has 5 heterocycles. The minimum absolute atomic E-state index is 0.0491. The van der Waals surface area contributed by atoms with E-state index >= 15 is 8.78 Å². The molecule has 0 aliphatic carbocycles. The van der Waals surface area contributed by atoms with Gasteiger partial charge in [0, 0.05) is 39.5 Å². The Labute approximate surface area is 247 Å². The molecule has 0 saturated carbocycles. The Balaban J connectivity index is 1.45. The second kappa shape index (κ2) is 11.1. The number of benzene rings is 1. The standard InChI is InChI=1S/C28H36F2N8O4Si/c1-36-12-17-18(34-36)7-6-16(22(17)29)24-25-27(37(35-24)14-42-9-10-43(2,3)4)33-26(20(13-39)31-25)38-15-5-8-21(38)23(30)19(11-15)32-28(40)41/h6-7,12,15,19,21,23,32,39H,5,8-11,13-14H2,1-4H3,(H,40,41)/t15-,19-,21+,23-/m0/s1. The zero-order valence-electron chi connectivity index (χ0n) is 24.6. The molecule has 4 aromatic rings. The molecule has 2 aliphatic heterocycles. The van der Waals surface area contributed by atoms with Crippen molar-refractivity contribution in [1.29, 1.82) is 0 Å². The van der Waals surface area contributed by atoms with E-state index in [-0.39, 0.29) is 41.7 Å². The van der Waals surface area contributed by atoms with Crippen molar-refractivity contribution >= 4 is 42.1 Å². The summed E-state index contributed by atoms with van der Waals surface area (Å²) in [5.74, 6) is -0.184. The van der Waals surface area contributed by atoms with E-state index in [4.69, 9.17) is 19.8 Å². The largest absolute Gasteiger partial charge is 0.465 e. The van der Waals surface area contributed by atoms with E-state index in [1.807, 2.05) is 4.90 Å². The highest BCUT2D eigenvalue weighted by Crippen LogP contribution is 2.42. The van der Waals surface area contributed by atoms with Crippen molar-refractivity contribution in [1.82, 2.24) is 34.8 Å². The number of fused-ring (bicyclic) bond motifs is 4. The number of hydrogen-bond acceptors (Lipinski definition) is 8. The van der Waals surface area contributed by atoms with Crippen molar-refractivity contribution in [3.8, 4) is 11.3 Å². The highest BCUT2D eigenvalue weighted by molar-refractivity contribution is 6.76. The molecule has 12 nitrogen and oxygen atoms in total. The van der Waals surface area contributed by atoms with Crippen molar-refractivity contribution in [3.63, 3.8) is 0 Å². The van der Waals surface area contributed by atoms with Crippen molar-refractivity contribution in [2.45, 2.75) is 82.6 Å². The molecule has 1 aromatic carbocycles. The summed E-state index contributed by atoms with van der Waals surface area (Å²) in [7, 11) is 0.364. The Bertz CT molecular complexity index is 1690. The van der Waals surface area contributed by atoms with E-state index in [0.717, 1.165) is 6.04 Å². The number of carboxylic acid groups (broad SMARTS) is 1. The lowest BCUT2D eigenvalue weighted by Gasteiger charge is -2.42. The molecule has 2 saturated heterocycles. The van der Waals surface area contributed by atoms with Crippen LogP contribution in [0.25, 0.3) is 33.3 Å². The fraction of sp³-hybridized carbons (Fsp3) is 0.536. The Morgan fingerprint density at radius 1 is 1.21 bits per heavy atom. The SMILES string of the molecule is Cn1cc2c(F)c(-c3nn(COCC[Si](C)(C)C)c4nc(N5[C@H]6CC[C@@H]5[C@@H](F)[C@@H](NC(=O)O)C6)c(CO)nc34)ccc2n1. The zero-order valence-corrected chi connectivity index (χ0v) is 25.6. The van der Waals surface area contributed by atoms with Crippen LogP contribution < -0.4 is 10.2 Å². The molecule has 43 heavy (non-hydrogen) atoms. The Morgan fingerprint density at radius 3 is 2.72 bits per heavy atom. The van der Waals surface area contributed by atoms with Crippen LogP contribution in [0, 0.1) is 5.82 Å². The number of piperidine rings is 1. The maximum atomic E-state index is 15.9. The van der Waals surface area contributed by atoms with E-state index in [1.54, 1.807) is 25.4 Å². The molecule has 15 heteroatoms. The number of nitrogens with zero attached hydrogens (tertiary/aromatic N) is 7. The number of halogens is 2. The molecule has 1 amide bonds. The van der Waals surface area contributed by atoms with Gasteiger partial charge in [-0.3, -0.25) is 4.68 Å². The van der Waals surface area contributed by atoms with E-state index < -0.39 is 44.8 Å². The topological polar surface area (TPSA) is 143 Å². The van der Waals surface area contributed by atoms with Gasteiger partial charge in [-0.15, -0.1) is 0 Å². The van der Waals surface area contributed by atoms with Crippen LogP contribution in [-0.4, -0.2) is 84.8 Å². The summed E-state index contributed by atoms with van der Waals surface area (Å²) in [5.41, 5.74) is 1.78. The van der Waals surface area contributed by atoms with Crippen molar-refractivity contribution in [2.24, 2.45) is 7.05 Å². The first kappa shape index (κ1) is 29.4. The minimum Gasteiger partial charge on any atom is -0.465 e. The molecule has 3 N–H and O–H groups in total. The first-order valence-electron chi connectivity index (χ1n) is 14.5. The van der Waals surface area contributed by atoms with Gasteiger partial charge in [-0.25, -0.2) is 28.2 Å². The molecule has 2 fully saturated rings. The van der Waals surface area contributed by atoms with Crippen LogP contribution in [0.3, 0.4) is 0 Å². The average Bonchev–Trinajstić information content (AvgIpc) is 3.61. The van der Waals surface area contributed by atoms with Crippen molar-refractivity contribution in [2.75, 3.05) is 11.5 Å². The van der Waals surface area contributed by atoms with Crippen LogP contribution in [0.15, 0.2) is 18.3 Å². The van der Waals surface area contributed by atoms with Gasteiger partial charge in [-0.1, -0.05) is 19.6 Å². The predicted molar refractivity (Wildman–Crippen MR) is 159 cm³/mol. The molecule has 0 radical (unpaired) electrons. The number of rotatable bonds is 9. The van der Waals surface area contributed by atoms with Crippen LogP contribution in [-0.2, 0) is 25.1 Å². The summed E-state index contributed by atoms with van der Waals surface area (Å²) in [6.07, 6.45) is 0.282. The van der Waals surface area contributed by atoms with Crippen LogP contribution in [0.1, 0.15) is 25.0 Å². The Kier molecular flexibility index (Phi) is 7.58. The van der Waals surface area contributed by atoms with E-state index in [2.05, 4.69) is 30.1 Å². The smallest absolute Gasteiger partial charge is 0.404 e. The molecule has 3 aromatic heterocycles. The van der Waals surface area contributed by atoms with Gasteiger partial charge in [0.05, 0.1) is 29.6 Å². The first-order valence-corrected chi connectivity index (χ1v) is 18.2. The maximum Gasteiger partial charge on any atom is 0.404 e. The third-order valence-electron chi connectivity index (χ3n) is 8.35. The quantitative estimate of drug-likeness (QED) is 0.188. The maximum absolute atomic E-state index is 15.9. The van der Waals surface area contributed by atoms with Gasteiger partial charge >= 0.3 is 6.09 Å². The van der Waals surface area contributed by atoms with Crippen LogP contribution in [0.4, 0.5) is 19.4 Å². The van der Waals surface area contributed by atoms with Gasteiger partial charge in [0.2, 0.25) is 0 Å². The number of aliphatic hydroxyl groups is 1. The lowest BCUT2D eigenvalue weighted by atomic mass is 9.95. The number of aryl methyl sites for hydroxylation is 1. The van der Waals surface area contributed by atoms with E-state index in [0.29, 0.717) is 41.8 Å². The summed E-state index contributed by atoms with van der Waals surface area (Å²) < 4.78 is 40.5. The fourth-order valence-corrected chi connectivity index (χ4v) is 7.01. The number of amides is 1. The summed E-state index contributed by atoms with van der Waals surface area (Å²) in [6, 6.07) is 2.60. The highest BCUT2D eigenvalue weighted by atomic mass is 28.3. The third kappa shape index (κ3) is 5.44. The predicted octanol–water partition coefficient (Wildman–Crippen LogP) is 4.04. The number of carbonyl (C=O) groups is 1. The number of aliphatic hydroxyl groups excluding tert-OH is 1. The average molecular weight is 615 g/mol. The highest BCUT2D eigenvalue weighted by Gasteiger charge is 2.49. The van der Waals surface area contributed by atoms with E-state index in [1.165, 1.54) is 9.36 Å². The number of nitrogens with one attached hydrogen (secondary N) is 1. The summed E-state index contributed by atoms with van der Waals surface area (Å²) >= 11 is 0. The van der Waals surface area contributed by atoms with E-state index in [9.17, 15) is 15.0 Å². The normalized spacial score (nSPS) is 22.2. The van der Waals surface area contributed by atoms with Gasteiger partial charge in [-0.05, 0) is 37.4 Å². The second-order valence-corrected chi connectivity index (χ2v) is 18.2. The summed E-state index contributed by atoms with van der Waals surface area (Å²) in [6.45, 7) is 6.85. The summed E-state index contributed by atoms with van der Waals surface area (Å²) in [5, 5.41) is 31.2. The third-order valence-corrected chi connectivity index (χ3v) is 10.1. The lowest BCUT2D eigenvalue weighted by Crippen LogP contribution is -2.58. The van der Waals surface area contributed by atoms with Gasteiger partial charge in [0.15, 0.2) is 11.5 Å². The summed E-state index contributed by atoms with van der Waals surface area (Å²) in [4.78, 5) is 22.7. The molecule has 230 valence electrons. The first-order chi connectivity index (χ1) is 20.4. The monoisotopic (exact) mass is 614 g/mol.